The summed E-state index contributed by atoms with van der Waals surface area (Å²) in [5, 5.41) is 3.20. The fourth-order valence-corrected chi connectivity index (χ4v) is 2.82. The van der Waals surface area contributed by atoms with Gasteiger partial charge in [-0.1, -0.05) is 6.92 Å². The zero-order valence-electron chi connectivity index (χ0n) is 11.5. The Morgan fingerprint density at radius 3 is 2.84 bits per heavy atom. The fourth-order valence-electron chi connectivity index (χ4n) is 1.99. The standard InChI is InChI=1S/C15H20N2OS/c1-3-11-9-12(5-6-14(11)18-4-2)13-10-19-15(17-13)7-8-16/h5-6,9-10H,3-4,7-8,16H2,1-2H3. The van der Waals surface area contributed by atoms with Gasteiger partial charge in [-0.25, -0.2) is 4.98 Å². The largest absolute Gasteiger partial charge is 0.494 e. The maximum atomic E-state index is 5.63. The molecule has 0 radical (unpaired) electrons. The van der Waals surface area contributed by atoms with Gasteiger partial charge in [0.25, 0.3) is 0 Å². The quantitative estimate of drug-likeness (QED) is 0.881. The van der Waals surface area contributed by atoms with E-state index in [4.69, 9.17) is 10.5 Å². The Balaban J connectivity index is 2.28. The number of benzene rings is 1. The van der Waals surface area contributed by atoms with Crippen LogP contribution in [0.2, 0.25) is 0 Å². The first-order chi connectivity index (χ1) is 9.28. The number of hydrogen-bond acceptors (Lipinski definition) is 4. The number of aryl methyl sites for hydroxylation is 1. The highest BCUT2D eigenvalue weighted by Gasteiger charge is 2.08. The zero-order valence-corrected chi connectivity index (χ0v) is 12.3. The normalized spacial score (nSPS) is 10.7. The van der Waals surface area contributed by atoms with Crippen molar-refractivity contribution in [1.29, 1.82) is 0 Å². The molecule has 3 nitrogen and oxygen atoms in total. The molecule has 0 spiro atoms. The summed E-state index contributed by atoms with van der Waals surface area (Å²) in [4.78, 5) is 4.62. The Bertz CT molecular complexity index is 537. The third kappa shape index (κ3) is 3.33. The van der Waals surface area contributed by atoms with E-state index in [1.54, 1.807) is 11.3 Å². The van der Waals surface area contributed by atoms with Crippen molar-refractivity contribution < 1.29 is 4.74 Å². The minimum absolute atomic E-state index is 0.649. The fraction of sp³-hybridized carbons (Fsp3) is 0.400. The Morgan fingerprint density at radius 1 is 1.32 bits per heavy atom. The molecule has 4 heteroatoms. The number of nitrogens with zero attached hydrogens (tertiary/aromatic N) is 1. The highest BCUT2D eigenvalue weighted by Crippen LogP contribution is 2.28. The van der Waals surface area contributed by atoms with Gasteiger partial charge in [-0.15, -0.1) is 11.3 Å². The SMILES string of the molecule is CCOc1ccc(-c2csc(CCN)n2)cc1CC. The molecule has 2 rings (SSSR count). The van der Waals surface area contributed by atoms with Gasteiger partial charge in [-0.05, 0) is 43.7 Å². The van der Waals surface area contributed by atoms with Crippen LogP contribution in [0.15, 0.2) is 23.6 Å². The second-order valence-electron chi connectivity index (χ2n) is 4.27. The van der Waals surface area contributed by atoms with Crippen LogP contribution in [0, 0.1) is 0 Å². The van der Waals surface area contributed by atoms with E-state index >= 15 is 0 Å². The molecule has 0 aliphatic carbocycles. The number of rotatable bonds is 6. The van der Waals surface area contributed by atoms with E-state index in [1.165, 1.54) is 5.56 Å². The number of hydrogen-bond donors (Lipinski definition) is 1. The van der Waals surface area contributed by atoms with Crippen molar-refractivity contribution in [3.63, 3.8) is 0 Å². The van der Waals surface area contributed by atoms with Gasteiger partial charge < -0.3 is 10.5 Å². The molecule has 1 heterocycles. The van der Waals surface area contributed by atoms with Crippen LogP contribution in [0.5, 0.6) is 5.75 Å². The molecule has 0 aliphatic heterocycles. The van der Waals surface area contributed by atoms with Crippen LogP contribution in [0.1, 0.15) is 24.4 Å². The van der Waals surface area contributed by atoms with Crippen LogP contribution in [0.25, 0.3) is 11.3 Å². The van der Waals surface area contributed by atoms with Crippen LogP contribution in [-0.2, 0) is 12.8 Å². The first-order valence-electron chi connectivity index (χ1n) is 6.69. The summed E-state index contributed by atoms with van der Waals surface area (Å²) in [6, 6.07) is 6.29. The lowest BCUT2D eigenvalue weighted by Crippen LogP contribution is -2.02. The number of aromatic nitrogens is 1. The molecule has 2 aromatic rings. The molecule has 102 valence electrons. The van der Waals surface area contributed by atoms with Gasteiger partial charge in [-0.2, -0.15) is 0 Å². The minimum Gasteiger partial charge on any atom is -0.494 e. The molecule has 2 N–H and O–H groups in total. The summed E-state index contributed by atoms with van der Waals surface area (Å²) < 4.78 is 5.63. The lowest BCUT2D eigenvalue weighted by Gasteiger charge is -2.09. The summed E-state index contributed by atoms with van der Waals surface area (Å²) in [7, 11) is 0. The Morgan fingerprint density at radius 2 is 2.16 bits per heavy atom. The van der Waals surface area contributed by atoms with Gasteiger partial charge in [0.05, 0.1) is 17.3 Å². The van der Waals surface area contributed by atoms with Crippen molar-refractivity contribution in [3.8, 4) is 17.0 Å². The Labute approximate surface area is 118 Å². The van der Waals surface area contributed by atoms with Crippen molar-refractivity contribution in [2.45, 2.75) is 26.7 Å². The maximum absolute atomic E-state index is 5.63. The molecule has 19 heavy (non-hydrogen) atoms. The summed E-state index contributed by atoms with van der Waals surface area (Å²) in [6.07, 6.45) is 1.81. The minimum atomic E-state index is 0.649. The first-order valence-corrected chi connectivity index (χ1v) is 7.57. The monoisotopic (exact) mass is 276 g/mol. The zero-order chi connectivity index (χ0) is 13.7. The molecule has 0 aliphatic rings. The van der Waals surface area contributed by atoms with E-state index in [-0.39, 0.29) is 0 Å². The maximum Gasteiger partial charge on any atom is 0.122 e. The van der Waals surface area contributed by atoms with Crippen LogP contribution >= 0.6 is 11.3 Å². The predicted octanol–water partition coefficient (Wildman–Crippen LogP) is 3.27. The molecule has 0 amide bonds. The average molecular weight is 276 g/mol. The van der Waals surface area contributed by atoms with Gasteiger partial charge >= 0.3 is 0 Å². The van der Waals surface area contributed by atoms with Crippen molar-refractivity contribution in [3.05, 3.63) is 34.2 Å². The lowest BCUT2D eigenvalue weighted by atomic mass is 10.1. The molecular weight excluding hydrogens is 256 g/mol. The van der Waals surface area contributed by atoms with E-state index in [0.717, 1.165) is 34.9 Å². The summed E-state index contributed by atoms with van der Waals surface area (Å²) in [5.41, 5.74) is 8.97. The van der Waals surface area contributed by atoms with E-state index in [0.29, 0.717) is 13.2 Å². The molecular formula is C15H20N2OS. The predicted molar refractivity (Wildman–Crippen MR) is 80.9 cm³/mol. The Kier molecular flexibility index (Phi) is 4.93. The lowest BCUT2D eigenvalue weighted by molar-refractivity contribution is 0.337. The van der Waals surface area contributed by atoms with Crippen LogP contribution in [-0.4, -0.2) is 18.1 Å². The van der Waals surface area contributed by atoms with E-state index in [9.17, 15) is 0 Å². The molecule has 0 saturated heterocycles. The molecule has 0 atom stereocenters. The number of nitrogens with two attached hydrogens (primary N) is 1. The van der Waals surface area contributed by atoms with Gasteiger partial charge in [0, 0.05) is 17.4 Å². The average Bonchev–Trinajstić information content (AvgIpc) is 2.88. The van der Waals surface area contributed by atoms with Gasteiger partial charge in [0.2, 0.25) is 0 Å². The van der Waals surface area contributed by atoms with Crippen LogP contribution in [0.3, 0.4) is 0 Å². The van der Waals surface area contributed by atoms with Crippen molar-refractivity contribution in [2.24, 2.45) is 5.73 Å². The number of ether oxygens (including phenoxy) is 1. The Hall–Kier alpha value is -1.39. The summed E-state index contributed by atoms with van der Waals surface area (Å²) in [6.45, 7) is 5.50. The van der Waals surface area contributed by atoms with Crippen LogP contribution in [0.4, 0.5) is 0 Å². The summed E-state index contributed by atoms with van der Waals surface area (Å²) in [5.74, 6) is 0.978. The molecule has 0 fully saturated rings. The first kappa shape index (κ1) is 14.0. The molecule has 0 saturated carbocycles. The number of thiazole rings is 1. The van der Waals surface area contributed by atoms with Gasteiger partial charge in [0.1, 0.15) is 5.75 Å². The molecule has 1 aromatic carbocycles. The van der Waals surface area contributed by atoms with E-state index < -0.39 is 0 Å². The van der Waals surface area contributed by atoms with Crippen LogP contribution < -0.4 is 10.5 Å². The molecule has 0 unspecified atom stereocenters. The van der Waals surface area contributed by atoms with Crippen molar-refractivity contribution >= 4 is 11.3 Å². The van der Waals surface area contributed by atoms with Crippen molar-refractivity contribution in [1.82, 2.24) is 4.98 Å². The summed E-state index contributed by atoms with van der Waals surface area (Å²) >= 11 is 1.67. The van der Waals surface area contributed by atoms with Gasteiger partial charge in [-0.3, -0.25) is 0 Å². The van der Waals surface area contributed by atoms with Gasteiger partial charge in [0.15, 0.2) is 0 Å². The van der Waals surface area contributed by atoms with Crippen molar-refractivity contribution in [2.75, 3.05) is 13.2 Å². The third-order valence-corrected chi connectivity index (χ3v) is 3.86. The molecule has 0 bridgehead atoms. The van der Waals surface area contributed by atoms with E-state index in [1.807, 2.05) is 13.0 Å². The topological polar surface area (TPSA) is 48.1 Å². The second-order valence-corrected chi connectivity index (χ2v) is 5.22. The highest BCUT2D eigenvalue weighted by molar-refractivity contribution is 7.09. The second kappa shape index (κ2) is 6.68. The third-order valence-electron chi connectivity index (χ3n) is 2.95. The molecule has 1 aromatic heterocycles. The smallest absolute Gasteiger partial charge is 0.122 e. The highest BCUT2D eigenvalue weighted by atomic mass is 32.1. The van der Waals surface area contributed by atoms with E-state index in [2.05, 4.69) is 29.4 Å².